The number of ketones is 1. The average molecular weight is 490 g/mol. The normalized spacial score (nSPS) is 12.7. The smallest absolute Gasteiger partial charge is 0.408 e. The molecule has 0 aliphatic rings. The highest BCUT2D eigenvalue weighted by atomic mass is 16.6. The molecule has 0 spiro atoms. The number of carbonyl (C=O) groups is 3. The number of alkyl carbamates (subject to hydrolysis) is 1. The Labute approximate surface area is 211 Å². The minimum Gasteiger partial charge on any atom is -0.497 e. The predicted octanol–water partition coefficient (Wildman–Crippen LogP) is 5.68. The summed E-state index contributed by atoms with van der Waals surface area (Å²) in [6, 6.07) is 21.1. The maximum absolute atomic E-state index is 13.7. The predicted molar refractivity (Wildman–Crippen MR) is 136 cm³/mol. The van der Waals surface area contributed by atoms with E-state index in [4.69, 9.17) is 14.2 Å². The summed E-state index contributed by atoms with van der Waals surface area (Å²) in [6.45, 7) is 7.15. The fourth-order valence-electron chi connectivity index (χ4n) is 3.49. The Morgan fingerprint density at radius 2 is 1.42 bits per heavy atom. The number of aryl methyl sites for hydroxylation is 1. The number of ether oxygens (including phenoxy) is 3. The number of nitrogens with one attached hydrogen (secondary N) is 1. The molecule has 0 saturated carbocycles. The van der Waals surface area contributed by atoms with Crippen LogP contribution in [0.1, 0.15) is 58.7 Å². The number of hydrogen-bond acceptors (Lipinski definition) is 6. The summed E-state index contributed by atoms with van der Waals surface area (Å²) in [6.07, 6.45) is -2.10. The molecule has 0 aliphatic heterocycles. The molecule has 0 bridgehead atoms. The minimum atomic E-state index is -1.36. The van der Waals surface area contributed by atoms with Crippen molar-refractivity contribution < 1.29 is 28.6 Å². The van der Waals surface area contributed by atoms with Gasteiger partial charge >= 0.3 is 12.1 Å². The van der Waals surface area contributed by atoms with Crippen molar-refractivity contribution in [2.75, 3.05) is 7.11 Å². The van der Waals surface area contributed by atoms with Crippen molar-refractivity contribution >= 4 is 17.8 Å². The van der Waals surface area contributed by atoms with Gasteiger partial charge in [-0.25, -0.2) is 9.59 Å². The molecule has 2 unspecified atom stereocenters. The first-order valence-electron chi connectivity index (χ1n) is 11.6. The third-order valence-corrected chi connectivity index (χ3v) is 5.29. The van der Waals surface area contributed by atoms with Crippen molar-refractivity contribution in [1.82, 2.24) is 5.32 Å². The second-order valence-corrected chi connectivity index (χ2v) is 9.32. The molecule has 1 N–H and O–H groups in total. The lowest BCUT2D eigenvalue weighted by molar-refractivity contribution is 0.0149. The Morgan fingerprint density at radius 1 is 0.806 bits per heavy atom. The number of methoxy groups -OCH3 is 1. The zero-order valence-electron chi connectivity index (χ0n) is 21.1. The Bertz CT molecular complexity index is 1180. The minimum absolute atomic E-state index is 0.238. The second-order valence-electron chi connectivity index (χ2n) is 9.32. The van der Waals surface area contributed by atoms with Crippen LogP contribution in [0.5, 0.6) is 5.75 Å². The van der Waals surface area contributed by atoms with E-state index in [-0.39, 0.29) is 5.56 Å². The summed E-state index contributed by atoms with van der Waals surface area (Å²) in [5.41, 5.74) is 1.40. The van der Waals surface area contributed by atoms with Gasteiger partial charge in [-0.3, -0.25) is 4.79 Å². The van der Waals surface area contributed by atoms with E-state index in [0.717, 1.165) is 5.56 Å². The van der Waals surface area contributed by atoms with Crippen LogP contribution in [-0.4, -0.2) is 36.7 Å². The van der Waals surface area contributed by atoms with Gasteiger partial charge in [0.25, 0.3) is 0 Å². The van der Waals surface area contributed by atoms with Crippen molar-refractivity contribution in [1.29, 1.82) is 0 Å². The van der Waals surface area contributed by atoms with Crippen molar-refractivity contribution in [3.63, 3.8) is 0 Å². The number of esters is 1. The molecule has 3 rings (SSSR count). The molecule has 36 heavy (non-hydrogen) atoms. The first-order valence-corrected chi connectivity index (χ1v) is 11.6. The summed E-state index contributed by atoms with van der Waals surface area (Å²) in [4.78, 5) is 39.6. The van der Waals surface area contributed by atoms with Crippen LogP contribution in [0.3, 0.4) is 0 Å². The third-order valence-electron chi connectivity index (χ3n) is 5.29. The van der Waals surface area contributed by atoms with Crippen LogP contribution < -0.4 is 10.1 Å². The van der Waals surface area contributed by atoms with Gasteiger partial charge in [0, 0.05) is 5.56 Å². The monoisotopic (exact) mass is 489 g/mol. The number of hydrogen-bond donors (Lipinski definition) is 1. The molecule has 7 nitrogen and oxygen atoms in total. The molecule has 0 fully saturated rings. The Kier molecular flexibility index (Phi) is 8.48. The maximum atomic E-state index is 13.7. The van der Waals surface area contributed by atoms with Crippen molar-refractivity contribution in [2.24, 2.45) is 0 Å². The van der Waals surface area contributed by atoms with Crippen LogP contribution in [0, 0.1) is 6.92 Å². The molecular weight excluding hydrogens is 458 g/mol. The number of rotatable bonds is 8. The van der Waals surface area contributed by atoms with E-state index in [0.29, 0.717) is 16.9 Å². The molecule has 3 aromatic rings. The van der Waals surface area contributed by atoms with E-state index in [1.807, 2.05) is 19.1 Å². The summed E-state index contributed by atoms with van der Waals surface area (Å²) < 4.78 is 16.4. The summed E-state index contributed by atoms with van der Waals surface area (Å²) >= 11 is 0. The lowest BCUT2D eigenvalue weighted by Gasteiger charge is -2.29. The van der Waals surface area contributed by atoms with Gasteiger partial charge in [0.2, 0.25) is 5.78 Å². The molecule has 0 saturated heterocycles. The van der Waals surface area contributed by atoms with Crippen molar-refractivity contribution in [3.8, 4) is 5.75 Å². The highest BCUT2D eigenvalue weighted by Crippen LogP contribution is 2.26. The topological polar surface area (TPSA) is 90.9 Å². The first kappa shape index (κ1) is 26.5. The molecule has 1 amide bonds. The van der Waals surface area contributed by atoms with Gasteiger partial charge in [-0.1, -0.05) is 60.2 Å². The standard InChI is InChI=1S/C29H31NO6/c1-19-11-13-20(14-12-19)24(30-28(33)36-29(2,3)4)26(25(31)21-9-7-6-8-10-21)35-27(32)22-15-17-23(34-5)18-16-22/h6-18,24,26H,1-5H3,(H,30,33). The zero-order chi connectivity index (χ0) is 26.3. The van der Waals surface area contributed by atoms with Gasteiger partial charge in [0.05, 0.1) is 12.7 Å². The lowest BCUT2D eigenvalue weighted by atomic mass is 9.94. The van der Waals surface area contributed by atoms with Gasteiger partial charge in [0.1, 0.15) is 17.4 Å². The van der Waals surface area contributed by atoms with Gasteiger partial charge < -0.3 is 19.5 Å². The summed E-state index contributed by atoms with van der Waals surface area (Å²) in [5.74, 6) is -0.596. The SMILES string of the molecule is COc1ccc(C(=O)OC(C(=O)c2ccccc2)C(NC(=O)OC(C)(C)C)c2ccc(C)cc2)cc1. The zero-order valence-corrected chi connectivity index (χ0v) is 21.1. The fraction of sp³-hybridized carbons (Fsp3) is 0.276. The molecule has 0 radical (unpaired) electrons. The molecule has 0 heterocycles. The lowest BCUT2D eigenvalue weighted by Crippen LogP contribution is -2.44. The van der Waals surface area contributed by atoms with Crippen LogP contribution in [0.25, 0.3) is 0 Å². The number of Topliss-reactive ketones (excluding diaryl/α,β-unsaturated/α-hetero) is 1. The number of benzene rings is 3. The van der Waals surface area contributed by atoms with Gasteiger partial charge in [0.15, 0.2) is 6.10 Å². The van der Waals surface area contributed by atoms with Gasteiger partial charge in [-0.15, -0.1) is 0 Å². The molecular formula is C29H31NO6. The Morgan fingerprint density at radius 3 is 1.97 bits per heavy atom. The van der Waals surface area contributed by atoms with E-state index >= 15 is 0 Å². The highest BCUT2D eigenvalue weighted by Gasteiger charge is 2.36. The molecule has 2 atom stereocenters. The second kappa shape index (κ2) is 11.5. The van der Waals surface area contributed by atoms with E-state index in [1.54, 1.807) is 87.5 Å². The van der Waals surface area contributed by atoms with Gasteiger partial charge in [-0.2, -0.15) is 0 Å². The highest BCUT2D eigenvalue weighted by molar-refractivity contribution is 6.02. The maximum Gasteiger partial charge on any atom is 0.408 e. The van der Waals surface area contributed by atoms with Crippen molar-refractivity contribution in [3.05, 3.63) is 101 Å². The van der Waals surface area contributed by atoms with Crippen LogP contribution in [0.15, 0.2) is 78.9 Å². The molecule has 0 aliphatic carbocycles. The van der Waals surface area contributed by atoms with Crippen LogP contribution in [0.2, 0.25) is 0 Å². The first-order chi connectivity index (χ1) is 17.1. The van der Waals surface area contributed by atoms with E-state index in [9.17, 15) is 14.4 Å². The van der Waals surface area contributed by atoms with Crippen LogP contribution in [-0.2, 0) is 9.47 Å². The number of carbonyl (C=O) groups excluding carboxylic acids is 3. The quantitative estimate of drug-likeness (QED) is 0.323. The largest absolute Gasteiger partial charge is 0.497 e. The van der Waals surface area contributed by atoms with E-state index < -0.39 is 35.6 Å². The Balaban J connectivity index is 2.03. The van der Waals surface area contributed by atoms with Crippen LogP contribution >= 0.6 is 0 Å². The summed E-state index contributed by atoms with van der Waals surface area (Å²) in [7, 11) is 1.52. The average Bonchev–Trinajstić information content (AvgIpc) is 2.85. The summed E-state index contributed by atoms with van der Waals surface area (Å²) in [5, 5.41) is 2.76. The number of amides is 1. The molecule has 188 valence electrons. The Hall–Kier alpha value is -4.13. The van der Waals surface area contributed by atoms with Gasteiger partial charge in [-0.05, 0) is 57.5 Å². The van der Waals surface area contributed by atoms with Crippen LogP contribution in [0.4, 0.5) is 4.79 Å². The molecule has 7 heteroatoms. The molecule has 0 aromatic heterocycles. The fourth-order valence-corrected chi connectivity index (χ4v) is 3.49. The third kappa shape index (κ3) is 7.18. The van der Waals surface area contributed by atoms with E-state index in [2.05, 4.69) is 5.32 Å². The molecule has 3 aromatic carbocycles. The van der Waals surface area contributed by atoms with E-state index in [1.165, 1.54) is 7.11 Å². The van der Waals surface area contributed by atoms with Crippen molar-refractivity contribution in [2.45, 2.75) is 45.4 Å².